The number of hydrogen-bond acceptors (Lipinski definition) is 3. The number of carbonyl (C=O) groups is 1. The van der Waals surface area contributed by atoms with Crippen molar-refractivity contribution in [1.29, 1.82) is 0 Å². The Hall–Kier alpha value is -2.21. The number of carbonyl (C=O) groups excluding carboxylic acids is 1. The Morgan fingerprint density at radius 3 is 2.84 bits per heavy atom. The van der Waals surface area contributed by atoms with Crippen molar-refractivity contribution in [1.82, 2.24) is 15.1 Å². The predicted molar refractivity (Wildman–Crippen MR) is 67.5 cm³/mol. The molecule has 6 heteroatoms. The first-order valence-corrected chi connectivity index (χ1v) is 5.78. The molecule has 1 atom stereocenters. The van der Waals surface area contributed by atoms with E-state index in [1.807, 2.05) is 0 Å². The van der Waals surface area contributed by atoms with E-state index in [-0.39, 0.29) is 11.6 Å². The van der Waals surface area contributed by atoms with Gasteiger partial charge in [0, 0.05) is 18.8 Å². The molecule has 0 aliphatic rings. The molecule has 0 fully saturated rings. The van der Waals surface area contributed by atoms with Crippen molar-refractivity contribution in [3.05, 3.63) is 47.5 Å². The van der Waals surface area contributed by atoms with Gasteiger partial charge in [-0.2, -0.15) is 5.10 Å². The molecule has 0 aliphatic heterocycles. The van der Waals surface area contributed by atoms with Gasteiger partial charge in [-0.1, -0.05) is 0 Å². The predicted octanol–water partition coefficient (Wildman–Crippen LogP) is 1.42. The Morgan fingerprint density at radius 2 is 2.21 bits per heavy atom. The summed E-state index contributed by atoms with van der Waals surface area (Å²) in [4.78, 5) is 11.4. The first-order valence-electron chi connectivity index (χ1n) is 5.78. The maximum absolute atomic E-state index is 13.2. The van der Waals surface area contributed by atoms with E-state index >= 15 is 0 Å². The number of aliphatic hydroxyl groups excluding tert-OH is 1. The largest absolute Gasteiger partial charge is 0.389 e. The maximum Gasteiger partial charge on any atom is 0.271 e. The van der Waals surface area contributed by atoms with Crippen LogP contribution in [0, 0.1) is 5.82 Å². The summed E-state index contributed by atoms with van der Waals surface area (Å²) in [7, 11) is 1.51. The van der Waals surface area contributed by atoms with Crippen LogP contribution in [0.15, 0.2) is 30.5 Å². The number of nitrogens with zero attached hydrogens (tertiary/aromatic N) is 2. The Bertz CT molecular complexity index is 608. The van der Waals surface area contributed by atoms with Gasteiger partial charge in [-0.15, -0.1) is 0 Å². The minimum absolute atomic E-state index is 0.253. The van der Waals surface area contributed by atoms with Gasteiger partial charge in [0.15, 0.2) is 5.69 Å². The number of rotatable bonds is 3. The molecule has 1 aromatic heterocycles. The molecule has 0 saturated carbocycles. The summed E-state index contributed by atoms with van der Waals surface area (Å²) in [6.45, 7) is 1.54. The zero-order chi connectivity index (χ0) is 14.0. The van der Waals surface area contributed by atoms with Crippen molar-refractivity contribution in [3.63, 3.8) is 0 Å². The summed E-state index contributed by atoms with van der Waals surface area (Å²) in [6, 6.07) is 5.59. The normalized spacial score (nSPS) is 12.2. The molecule has 0 saturated heterocycles. The summed E-state index contributed by atoms with van der Waals surface area (Å²) in [5, 5.41) is 16.2. The van der Waals surface area contributed by atoms with Crippen molar-refractivity contribution in [3.8, 4) is 5.69 Å². The highest BCUT2D eigenvalue weighted by molar-refractivity contribution is 5.91. The third-order valence-electron chi connectivity index (χ3n) is 2.74. The van der Waals surface area contributed by atoms with E-state index in [0.717, 1.165) is 0 Å². The Morgan fingerprint density at radius 1 is 1.47 bits per heavy atom. The maximum atomic E-state index is 13.2. The first kappa shape index (κ1) is 13.2. The molecule has 19 heavy (non-hydrogen) atoms. The lowest BCUT2D eigenvalue weighted by Gasteiger charge is -2.12. The lowest BCUT2D eigenvalue weighted by Crippen LogP contribution is -2.18. The molecule has 0 aliphatic carbocycles. The minimum atomic E-state index is -0.835. The minimum Gasteiger partial charge on any atom is -0.389 e. The topological polar surface area (TPSA) is 67.2 Å². The molecule has 0 unspecified atom stereocenters. The highest BCUT2D eigenvalue weighted by Crippen LogP contribution is 2.22. The van der Waals surface area contributed by atoms with Gasteiger partial charge in [0.1, 0.15) is 5.82 Å². The van der Waals surface area contributed by atoms with Gasteiger partial charge in [0.05, 0.1) is 11.8 Å². The summed E-state index contributed by atoms with van der Waals surface area (Å²) in [5.41, 5.74) is 1.20. The zero-order valence-electron chi connectivity index (χ0n) is 10.6. The van der Waals surface area contributed by atoms with Crippen LogP contribution in [0.2, 0.25) is 0 Å². The molecular weight excluding hydrogens is 249 g/mol. The van der Waals surface area contributed by atoms with Crippen LogP contribution in [0.5, 0.6) is 0 Å². The van der Waals surface area contributed by atoms with Crippen molar-refractivity contribution in [2.75, 3.05) is 7.05 Å². The quantitative estimate of drug-likeness (QED) is 0.880. The van der Waals surface area contributed by atoms with Crippen LogP contribution < -0.4 is 5.32 Å². The van der Waals surface area contributed by atoms with Gasteiger partial charge < -0.3 is 10.4 Å². The van der Waals surface area contributed by atoms with E-state index in [9.17, 15) is 14.3 Å². The smallest absolute Gasteiger partial charge is 0.271 e. The Balaban J connectivity index is 2.47. The third-order valence-corrected chi connectivity index (χ3v) is 2.74. The third kappa shape index (κ3) is 2.63. The fourth-order valence-corrected chi connectivity index (χ4v) is 1.78. The first-order chi connectivity index (χ1) is 9.02. The van der Waals surface area contributed by atoms with Crippen molar-refractivity contribution < 1.29 is 14.3 Å². The van der Waals surface area contributed by atoms with Crippen LogP contribution >= 0.6 is 0 Å². The molecule has 2 N–H and O–H groups in total. The second-order valence-corrected chi connectivity index (χ2v) is 4.10. The Labute approximate surface area is 109 Å². The van der Waals surface area contributed by atoms with Gasteiger partial charge in [-0.05, 0) is 31.2 Å². The van der Waals surface area contributed by atoms with Gasteiger partial charge in [-0.25, -0.2) is 9.07 Å². The van der Waals surface area contributed by atoms with E-state index < -0.39 is 11.9 Å². The van der Waals surface area contributed by atoms with Crippen LogP contribution in [0.3, 0.4) is 0 Å². The molecular formula is C13H14FN3O2. The second kappa shape index (κ2) is 5.19. The molecule has 1 amide bonds. The molecule has 1 aromatic carbocycles. The van der Waals surface area contributed by atoms with Crippen LogP contribution in [0.25, 0.3) is 5.69 Å². The monoisotopic (exact) mass is 263 g/mol. The average molecular weight is 263 g/mol. The van der Waals surface area contributed by atoms with Crippen molar-refractivity contribution in [2.24, 2.45) is 0 Å². The average Bonchev–Trinajstić information content (AvgIpc) is 2.87. The second-order valence-electron chi connectivity index (χ2n) is 4.10. The summed E-state index contributed by atoms with van der Waals surface area (Å²) < 4.78 is 14.6. The Kier molecular flexibility index (Phi) is 3.62. The number of benzene rings is 1. The van der Waals surface area contributed by atoms with E-state index in [4.69, 9.17) is 0 Å². The van der Waals surface area contributed by atoms with Crippen LogP contribution in [-0.4, -0.2) is 27.8 Å². The molecule has 100 valence electrons. The van der Waals surface area contributed by atoms with E-state index in [1.165, 1.54) is 29.9 Å². The van der Waals surface area contributed by atoms with Crippen LogP contribution in [-0.2, 0) is 0 Å². The summed E-state index contributed by atoms with van der Waals surface area (Å²) in [6.07, 6.45) is 0.752. The fraction of sp³-hybridized carbons (Fsp3) is 0.231. The summed E-state index contributed by atoms with van der Waals surface area (Å²) >= 11 is 0. The lowest BCUT2D eigenvalue weighted by atomic mass is 10.1. The molecule has 5 nitrogen and oxygen atoms in total. The number of aromatic nitrogens is 2. The van der Waals surface area contributed by atoms with E-state index in [0.29, 0.717) is 11.3 Å². The molecule has 1 heterocycles. The van der Waals surface area contributed by atoms with Crippen molar-refractivity contribution in [2.45, 2.75) is 13.0 Å². The van der Waals surface area contributed by atoms with Crippen LogP contribution in [0.4, 0.5) is 4.39 Å². The molecule has 0 bridgehead atoms. The number of hydrogen-bond donors (Lipinski definition) is 2. The highest BCUT2D eigenvalue weighted by atomic mass is 19.1. The number of amides is 1. The molecule has 2 rings (SSSR count). The fourth-order valence-electron chi connectivity index (χ4n) is 1.78. The van der Waals surface area contributed by atoms with E-state index in [1.54, 1.807) is 19.2 Å². The zero-order valence-corrected chi connectivity index (χ0v) is 10.6. The lowest BCUT2D eigenvalue weighted by molar-refractivity contribution is 0.0957. The molecule has 0 radical (unpaired) electrons. The van der Waals surface area contributed by atoms with E-state index in [2.05, 4.69) is 10.4 Å². The van der Waals surface area contributed by atoms with Crippen LogP contribution in [0.1, 0.15) is 29.1 Å². The van der Waals surface area contributed by atoms with Gasteiger partial charge >= 0.3 is 0 Å². The molecule has 0 spiro atoms. The number of nitrogens with one attached hydrogen (secondary N) is 1. The van der Waals surface area contributed by atoms with Gasteiger partial charge in [-0.3, -0.25) is 4.79 Å². The highest BCUT2D eigenvalue weighted by Gasteiger charge is 2.14. The van der Waals surface area contributed by atoms with Gasteiger partial charge in [0.2, 0.25) is 0 Å². The SMILES string of the molecule is CNC(=O)c1ccn(-c2ccc(F)cc2[C@@H](C)O)n1. The number of aliphatic hydroxyl groups is 1. The summed E-state index contributed by atoms with van der Waals surface area (Å²) in [5.74, 6) is -0.738. The van der Waals surface area contributed by atoms with Crippen molar-refractivity contribution >= 4 is 5.91 Å². The van der Waals surface area contributed by atoms with Gasteiger partial charge in [0.25, 0.3) is 5.91 Å². The molecule has 2 aromatic rings. The standard InChI is InChI=1S/C13H14FN3O2/c1-8(18)10-7-9(14)3-4-12(10)17-6-5-11(16-17)13(19)15-2/h3-8,18H,1-2H3,(H,15,19)/t8-/m1/s1. The number of halogens is 1.